The van der Waals surface area contributed by atoms with Crippen LogP contribution < -0.4 is 0 Å². The highest BCUT2D eigenvalue weighted by atomic mass is 15.1. The molecule has 11 aromatic carbocycles. The maximum Gasteiger partial charge on any atom is 0.0703 e. The molecule has 0 aliphatic carbocycles. The highest BCUT2D eigenvalue weighted by Crippen LogP contribution is 2.43. The maximum atomic E-state index is 2.51. The smallest absolute Gasteiger partial charge is 0.0703 e. The van der Waals surface area contributed by atoms with E-state index in [2.05, 4.69) is 261 Å². The van der Waals surface area contributed by atoms with Crippen molar-refractivity contribution >= 4 is 97.7 Å². The standard InChI is InChI=1S/C62H40N4/c1-3-18-41(19-4-1)63-36-37-64(42-20-5-2-6-21-42)61-40-53-51-29-17-33-59(62(51)50-28-10-9-23-45(50)44-22-7-8-24-46(44)52(53)39-60(61)63)66-57-32-16-13-27-49(57)54-38-43(34-35-58(54)66)65-55-30-14-11-25-47(55)48-26-12-15-31-56(48)65/h1-40H. The molecule has 0 atom stereocenters. The highest BCUT2D eigenvalue weighted by Gasteiger charge is 2.20. The fourth-order valence-electron chi connectivity index (χ4n) is 11.0. The molecular formula is C62H40N4. The summed E-state index contributed by atoms with van der Waals surface area (Å²) in [6, 6.07) is 84.6. The first-order valence-electron chi connectivity index (χ1n) is 22.7. The Morgan fingerprint density at radius 3 is 1.18 bits per heavy atom. The maximum absolute atomic E-state index is 2.51. The third-order valence-electron chi connectivity index (χ3n) is 13.8. The van der Waals surface area contributed by atoms with Gasteiger partial charge in [-0.05, 0) is 117 Å². The van der Waals surface area contributed by atoms with Crippen LogP contribution in [0.25, 0.3) is 120 Å². The molecule has 0 aliphatic rings. The third kappa shape index (κ3) is 5.33. The Balaban J connectivity index is 1.14. The predicted octanol–water partition coefficient (Wildman–Crippen LogP) is 16.4. The summed E-state index contributed by atoms with van der Waals surface area (Å²) in [5, 5.41) is 14.6. The van der Waals surface area contributed by atoms with Crippen LogP contribution in [0.1, 0.15) is 0 Å². The molecule has 0 saturated heterocycles. The number of rotatable bonds is 4. The zero-order valence-corrected chi connectivity index (χ0v) is 35.9. The summed E-state index contributed by atoms with van der Waals surface area (Å²) in [6.45, 7) is 0. The van der Waals surface area contributed by atoms with Crippen molar-refractivity contribution in [2.45, 2.75) is 0 Å². The van der Waals surface area contributed by atoms with Gasteiger partial charge in [-0.1, -0.05) is 152 Å². The fraction of sp³-hybridized carbons (Fsp3) is 0. The molecule has 0 unspecified atom stereocenters. The Hall–Kier alpha value is -8.86. The van der Waals surface area contributed by atoms with Gasteiger partial charge >= 0.3 is 0 Å². The van der Waals surface area contributed by atoms with Crippen LogP contribution in [-0.4, -0.2) is 18.3 Å². The van der Waals surface area contributed by atoms with Crippen LogP contribution in [-0.2, 0) is 0 Å². The van der Waals surface area contributed by atoms with Crippen molar-refractivity contribution in [2.24, 2.45) is 0 Å². The summed E-state index contributed by atoms with van der Waals surface area (Å²) in [4.78, 5) is 0. The minimum Gasteiger partial charge on any atom is -0.314 e. The van der Waals surface area contributed by atoms with Crippen molar-refractivity contribution in [1.29, 1.82) is 0 Å². The van der Waals surface area contributed by atoms with E-state index in [0.29, 0.717) is 0 Å². The predicted molar refractivity (Wildman–Crippen MR) is 279 cm³/mol. The van der Waals surface area contributed by atoms with Gasteiger partial charge in [0.2, 0.25) is 0 Å². The van der Waals surface area contributed by atoms with Gasteiger partial charge in [-0.25, -0.2) is 0 Å². The molecular weight excluding hydrogens is 801 g/mol. The first-order valence-corrected chi connectivity index (χ1v) is 22.7. The number of hydrogen-bond donors (Lipinski definition) is 0. The van der Waals surface area contributed by atoms with Crippen LogP contribution in [0, 0.1) is 0 Å². The monoisotopic (exact) mass is 840 g/mol. The Morgan fingerprint density at radius 2 is 0.606 bits per heavy atom. The summed E-state index contributed by atoms with van der Waals surface area (Å²) < 4.78 is 9.59. The summed E-state index contributed by atoms with van der Waals surface area (Å²) >= 11 is 0. The quantitative estimate of drug-likeness (QED) is 0.168. The van der Waals surface area contributed by atoms with E-state index >= 15 is 0 Å². The van der Waals surface area contributed by atoms with Gasteiger partial charge in [0.15, 0.2) is 0 Å². The lowest BCUT2D eigenvalue weighted by Crippen LogP contribution is -2.05. The van der Waals surface area contributed by atoms with Gasteiger partial charge in [-0.3, -0.25) is 0 Å². The van der Waals surface area contributed by atoms with Gasteiger partial charge < -0.3 is 18.3 Å². The molecule has 3 heterocycles. The molecule has 66 heavy (non-hydrogen) atoms. The molecule has 0 bridgehead atoms. The number of para-hydroxylation sites is 5. The number of benzene rings is 10. The van der Waals surface area contributed by atoms with E-state index in [1.165, 1.54) is 86.7 Å². The molecule has 14 aromatic rings. The van der Waals surface area contributed by atoms with Gasteiger partial charge in [0.05, 0.1) is 38.8 Å². The molecule has 3 aromatic heterocycles. The van der Waals surface area contributed by atoms with Crippen molar-refractivity contribution < 1.29 is 0 Å². The van der Waals surface area contributed by atoms with Gasteiger partial charge in [0, 0.05) is 56.4 Å². The van der Waals surface area contributed by atoms with Gasteiger partial charge in [0.25, 0.3) is 0 Å². The van der Waals surface area contributed by atoms with Crippen molar-refractivity contribution in [1.82, 2.24) is 18.3 Å². The molecule has 0 aliphatic heterocycles. The topological polar surface area (TPSA) is 19.7 Å². The average molecular weight is 841 g/mol. The lowest BCUT2D eigenvalue weighted by Gasteiger charge is -2.20. The number of fused-ring (bicyclic) bond motifs is 15. The van der Waals surface area contributed by atoms with Crippen LogP contribution in [0.5, 0.6) is 0 Å². The number of hydrogen-bond acceptors (Lipinski definition) is 0. The van der Waals surface area contributed by atoms with Gasteiger partial charge in [0.1, 0.15) is 0 Å². The second-order valence-electron chi connectivity index (χ2n) is 17.3. The Labute approximate surface area is 380 Å². The highest BCUT2D eigenvalue weighted by molar-refractivity contribution is 6.29. The van der Waals surface area contributed by atoms with Crippen LogP contribution in [0.3, 0.4) is 0 Å². The van der Waals surface area contributed by atoms with Crippen molar-refractivity contribution in [3.05, 3.63) is 243 Å². The molecule has 0 amide bonds. The normalized spacial score (nSPS) is 11.9. The summed E-state index contributed by atoms with van der Waals surface area (Å²) in [5.41, 5.74) is 11.5. The molecule has 0 fully saturated rings. The van der Waals surface area contributed by atoms with Gasteiger partial charge in [-0.15, -0.1) is 0 Å². The van der Waals surface area contributed by atoms with Gasteiger partial charge in [-0.2, -0.15) is 0 Å². The van der Waals surface area contributed by atoms with E-state index < -0.39 is 0 Å². The van der Waals surface area contributed by atoms with Crippen molar-refractivity contribution in [3.8, 4) is 22.7 Å². The fourth-order valence-corrected chi connectivity index (χ4v) is 11.0. The molecule has 0 saturated carbocycles. The molecule has 0 N–H and O–H groups in total. The minimum atomic E-state index is 1.11. The molecule has 0 spiro atoms. The van der Waals surface area contributed by atoms with E-state index in [-0.39, 0.29) is 0 Å². The first kappa shape index (κ1) is 36.6. The lowest BCUT2D eigenvalue weighted by atomic mass is 9.93. The number of aromatic nitrogens is 4. The zero-order chi connectivity index (χ0) is 43.3. The van der Waals surface area contributed by atoms with Crippen LogP contribution >= 0.6 is 0 Å². The molecule has 4 nitrogen and oxygen atoms in total. The Morgan fingerprint density at radius 1 is 0.212 bits per heavy atom. The zero-order valence-electron chi connectivity index (χ0n) is 35.9. The van der Waals surface area contributed by atoms with E-state index in [0.717, 1.165) is 33.8 Å². The SMILES string of the molecule is c1ccc(-n2ccn(-c3ccccc3)c3cc4c(cc32)c2ccccc2c2ccccc2c2c(-n3c5ccccc5c5cc(-n6c7ccccc7c7ccccc76)ccc53)cccc42)cc1. The van der Waals surface area contributed by atoms with E-state index in [9.17, 15) is 0 Å². The summed E-state index contributed by atoms with van der Waals surface area (Å²) in [5.74, 6) is 0. The average Bonchev–Trinajstić information content (AvgIpc) is 3.90. The Bertz CT molecular complexity index is 4280. The van der Waals surface area contributed by atoms with E-state index in [1.54, 1.807) is 0 Å². The third-order valence-corrected chi connectivity index (χ3v) is 13.8. The second kappa shape index (κ2) is 14.3. The van der Waals surface area contributed by atoms with Crippen molar-refractivity contribution in [2.75, 3.05) is 0 Å². The molecule has 14 rings (SSSR count). The second-order valence-corrected chi connectivity index (χ2v) is 17.3. The lowest BCUT2D eigenvalue weighted by molar-refractivity contribution is 1.01. The Kier molecular flexibility index (Phi) is 7.95. The van der Waals surface area contributed by atoms with E-state index in [4.69, 9.17) is 0 Å². The summed E-state index contributed by atoms with van der Waals surface area (Å²) in [7, 11) is 0. The van der Waals surface area contributed by atoms with Crippen LogP contribution in [0.15, 0.2) is 243 Å². The van der Waals surface area contributed by atoms with Crippen LogP contribution in [0.2, 0.25) is 0 Å². The minimum absolute atomic E-state index is 1.11. The molecule has 308 valence electrons. The molecule has 0 radical (unpaired) electrons. The van der Waals surface area contributed by atoms with Crippen LogP contribution in [0.4, 0.5) is 0 Å². The summed E-state index contributed by atoms with van der Waals surface area (Å²) in [6.07, 6.45) is 4.40. The molecule has 4 heteroatoms. The largest absolute Gasteiger partial charge is 0.314 e. The first-order chi connectivity index (χ1) is 32.8. The van der Waals surface area contributed by atoms with Crippen molar-refractivity contribution in [3.63, 3.8) is 0 Å². The van der Waals surface area contributed by atoms with E-state index in [1.807, 2.05) is 0 Å². The number of nitrogens with zero attached hydrogens (tertiary/aromatic N) is 4.